The van der Waals surface area contributed by atoms with Gasteiger partial charge in [-0.2, -0.15) is 10.5 Å². The molecule has 0 saturated heterocycles. The maximum atomic E-state index is 10.7. The highest BCUT2D eigenvalue weighted by molar-refractivity contribution is 6.36. The van der Waals surface area contributed by atoms with Crippen molar-refractivity contribution in [2.24, 2.45) is 0 Å². The lowest BCUT2D eigenvalue weighted by atomic mass is 9.64. The highest BCUT2D eigenvalue weighted by Gasteiger charge is 2.41. The van der Waals surface area contributed by atoms with Gasteiger partial charge in [0.2, 0.25) is 0 Å². The standard InChI is InChI=1S/C50H34N4O/c51-23-29-19-38-46(44-27-13-9-25(10-14-27)42(29)44)35-22-41-47(49-48-39(54(38)50(35)49)20-30(24-52)43-26-11-15-28(16-12-26)45(43)48)34-18-17-31(21-40(34)55-41)53-36-7-3-1-5-32(36)33-6-2-4-8-37(33)53/h1-8,17-22,25-28H,9-16H2. The summed E-state index contributed by atoms with van der Waals surface area (Å²) < 4.78 is 11.9. The number of nitrogens with zero attached hydrogens (tertiary/aromatic N) is 4. The molecule has 16 rings (SSSR count). The average molecular weight is 707 g/mol. The van der Waals surface area contributed by atoms with Gasteiger partial charge in [-0.15, -0.1) is 0 Å². The normalized spacial score (nSPS) is 21.6. The molecule has 5 heteroatoms. The van der Waals surface area contributed by atoms with Crippen LogP contribution in [0.15, 0.2) is 89.3 Å². The number of aromatic nitrogens is 2. The number of hydrogen-bond donors (Lipinski definition) is 0. The first-order valence-electron chi connectivity index (χ1n) is 20.2. The van der Waals surface area contributed by atoms with Crippen molar-refractivity contribution in [3.63, 3.8) is 0 Å². The molecular formula is C50H34N4O. The van der Waals surface area contributed by atoms with Gasteiger partial charge in [-0.1, -0.05) is 36.4 Å². The van der Waals surface area contributed by atoms with Crippen LogP contribution in [0.4, 0.5) is 0 Å². The van der Waals surface area contributed by atoms with Crippen LogP contribution in [-0.4, -0.2) is 8.97 Å². The third-order valence-electron chi connectivity index (χ3n) is 14.9. The van der Waals surface area contributed by atoms with Gasteiger partial charge in [0.1, 0.15) is 11.2 Å². The molecule has 0 aliphatic heterocycles. The summed E-state index contributed by atoms with van der Waals surface area (Å²) in [5.74, 6) is 1.80. The fraction of sp³-hybridized carbons (Fsp3) is 0.240. The molecule has 0 atom stereocenters. The lowest BCUT2D eigenvalue weighted by molar-refractivity contribution is 0.360. The summed E-state index contributed by atoms with van der Waals surface area (Å²) in [6, 6.07) is 36.2. The van der Waals surface area contributed by atoms with Gasteiger partial charge in [0.05, 0.1) is 50.8 Å². The van der Waals surface area contributed by atoms with Crippen LogP contribution < -0.4 is 0 Å². The predicted octanol–water partition coefficient (Wildman–Crippen LogP) is 13.1. The van der Waals surface area contributed by atoms with Gasteiger partial charge >= 0.3 is 0 Å². The van der Waals surface area contributed by atoms with Crippen molar-refractivity contribution in [2.45, 2.75) is 75.0 Å². The van der Waals surface area contributed by atoms with E-state index in [-0.39, 0.29) is 0 Å². The SMILES string of the molecule is N#Cc1cc2c(c3c1C1CCC3CC1)c1cc3oc4cc(-n5c6ccccc6c6ccccc65)ccc4c3c3c4c5c(c(C#N)cc4n2c13)C1CCC5CC1. The Kier molecular flexibility index (Phi) is 5.22. The molecule has 0 N–H and O–H groups in total. The second-order valence-electron chi connectivity index (χ2n) is 17.1. The third kappa shape index (κ3) is 3.34. The number of para-hydroxylation sites is 2. The summed E-state index contributed by atoms with van der Waals surface area (Å²) in [6.45, 7) is 0. The molecule has 55 heavy (non-hydrogen) atoms. The summed E-state index contributed by atoms with van der Waals surface area (Å²) in [7, 11) is 0. The van der Waals surface area contributed by atoms with E-state index in [0.717, 1.165) is 44.4 Å². The van der Waals surface area contributed by atoms with Crippen LogP contribution in [-0.2, 0) is 0 Å². The van der Waals surface area contributed by atoms with Crippen LogP contribution in [0, 0.1) is 22.7 Å². The Morgan fingerprint density at radius 1 is 0.473 bits per heavy atom. The fourth-order valence-corrected chi connectivity index (χ4v) is 12.9. The molecule has 0 spiro atoms. The number of fused-ring (bicyclic) bond motifs is 17. The van der Waals surface area contributed by atoms with Crippen molar-refractivity contribution in [3.05, 3.63) is 118 Å². The van der Waals surface area contributed by atoms with Crippen molar-refractivity contribution in [2.75, 3.05) is 0 Å². The van der Waals surface area contributed by atoms with Gasteiger partial charge in [0.15, 0.2) is 0 Å². The van der Waals surface area contributed by atoms with Crippen LogP contribution in [0.2, 0.25) is 0 Å². The minimum Gasteiger partial charge on any atom is -0.456 e. The zero-order chi connectivity index (χ0) is 35.8. The summed E-state index contributed by atoms with van der Waals surface area (Å²) in [6.07, 6.45) is 9.41. The highest BCUT2D eigenvalue weighted by atomic mass is 16.3. The monoisotopic (exact) mass is 706 g/mol. The topological polar surface area (TPSA) is 70.1 Å². The van der Waals surface area contributed by atoms with Crippen molar-refractivity contribution in [3.8, 4) is 17.8 Å². The largest absolute Gasteiger partial charge is 0.456 e. The molecule has 0 amide bonds. The minimum atomic E-state index is 0.439. The fourth-order valence-electron chi connectivity index (χ4n) is 12.9. The number of rotatable bonds is 1. The predicted molar refractivity (Wildman–Crippen MR) is 220 cm³/mol. The lowest BCUT2D eigenvalue weighted by Gasteiger charge is -2.39. The Labute approximate surface area is 315 Å². The Balaban J connectivity index is 1.18. The van der Waals surface area contributed by atoms with Gasteiger partial charge in [0, 0.05) is 54.8 Å². The molecule has 2 saturated carbocycles. The highest BCUT2D eigenvalue weighted by Crippen LogP contribution is 2.59. The van der Waals surface area contributed by atoms with Crippen LogP contribution in [0.5, 0.6) is 0 Å². The molecule has 260 valence electrons. The van der Waals surface area contributed by atoms with Gasteiger partial charge < -0.3 is 13.4 Å². The average Bonchev–Trinajstić information content (AvgIpc) is 3.98. The first-order chi connectivity index (χ1) is 27.2. The molecule has 6 aliphatic carbocycles. The van der Waals surface area contributed by atoms with E-state index >= 15 is 0 Å². The second-order valence-corrected chi connectivity index (χ2v) is 17.1. The van der Waals surface area contributed by atoms with E-state index in [1.807, 2.05) is 0 Å². The zero-order valence-corrected chi connectivity index (χ0v) is 30.2. The Morgan fingerprint density at radius 3 is 1.62 bits per heavy atom. The van der Waals surface area contributed by atoms with E-state index in [0.29, 0.717) is 23.7 Å². The molecule has 4 heterocycles. The number of benzene rings is 6. The first kappa shape index (κ1) is 29.1. The lowest BCUT2D eigenvalue weighted by Crippen LogP contribution is -2.23. The van der Waals surface area contributed by atoms with Crippen molar-refractivity contribution >= 4 is 81.8 Å². The van der Waals surface area contributed by atoms with E-state index in [2.05, 4.69) is 106 Å². The van der Waals surface area contributed by atoms with Crippen LogP contribution in [0.1, 0.15) is 108 Å². The molecule has 4 bridgehead atoms. The van der Waals surface area contributed by atoms with Crippen LogP contribution in [0.25, 0.3) is 87.5 Å². The molecule has 4 aromatic heterocycles. The smallest absolute Gasteiger partial charge is 0.137 e. The van der Waals surface area contributed by atoms with Gasteiger partial charge in [0.25, 0.3) is 0 Å². The first-order valence-corrected chi connectivity index (χ1v) is 20.2. The number of nitriles is 2. The number of furan rings is 1. The Hall–Kier alpha value is -6.30. The van der Waals surface area contributed by atoms with Crippen LogP contribution in [0.3, 0.4) is 0 Å². The molecular weight excluding hydrogens is 673 g/mol. The van der Waals surface area contributed by atoms with Gasteiger partial charge in [-0.05, 0) is 140 Å². The number of hydrogen-bond acceptors (Lipinski definition) is 3. The third-order valence-corrected chi connectivity index (χ3v) is 14.9. The molecule has 5 nitrogen and oxygen atoms in total. The van der Waals surface area contributed by atoms with E-state index in [1.54, 1.807) is 0 Å². The Morgan fingerprint density at radius 2 is 1.02 bits per heavy atom. The summed E-state index contributed by atoms with van der Waals surface area (Å²) >= 11 is 0. The van der Waals surface area contributed by atoms with E-state index < -0.39 is 0 Å². The maximum Gasteiger partial charge on any atom is 0.137 e. The van der Waals surface area contributed by atoms with Crippen molar-refractivity contribution < 1.29 is 4.42 Å². The van der Waals surface area contributed by atoms with Crippen LogP contribution >= 0.6 is 0 Å². The second kappa shape index (κ2) is 9.86. The summed E-state index contributed by atoms with van der Waals surface area (Å²) in [5, 5.41) is 31.3. The molecule has 0 radical (unpaired) electrons. The van der Waals surface area contributed by atoms with Crippen molar-refractivity contribution in [1.29, 1.82) is 10.5 Å². The van der Waals surface area contributed by atoms with E-state index in [9.17, 15) is 10.5 Å². The van der Waals surface area contributed by atoms with Gasteiger partial charge in [-0.25, -0.2) is 0 Å². The summed E-state index contributed by atoms with van der Waals surface area (Å²) in [5.41, 5.74) is 15.8. The molecule has 6 aliphatic rings. The van der Waals surface area contributed by atoms with E-state index in [1.165, 1.54) is 128 Å². The zero-order valence-electron chi connectivity index (χ0n) is 30.2. The molecule has 10 aromatic rings. The van der Waals surface area contributed by atoms with Crippen molar-refractivity contribution in [1.82, 2.24) is 8.97 Å². The Bertz CT molecular complexity index is 3440. The molecule has 0 unspecified atom stereocenters. The maximum absolute atomic E-state index is 10.7. The quantitative estimate of drug-likeness (QED) is 0.171. The van der Waals surface area contributed by atoms with E-state index in [4.69, 9.17) is 4.42 Å². The molecule has 6 aromatic carbocycles. The molecule has 2 fully saturated rings. The van der Waals surface area contributed by atoms with Gasteiger partial charge in [-0.3, -0.25) is 0 Å². The summed E-state index contributed by atoms with van der Waals surface area (Å²) in [4.78, 5) is 0. The minimum absolute atomic E-state index is 0.439.